The van der Waals surface area contributed by atoms with E-state index in [2.05, 4.69) is 22.1 Å². The molecule has 0 aromatic heterocycles. The molecule has 6 heteroatoms. The van der Waals surface area contributed by atoms with Gasteiger partial charge in [-0.1, -0.05) is 0 Å². The Hall–Kier alpha value is 0.560. The first kappa shape index (κ1) is 11.6. The minimum atomic E-state index is -0.856. The monoisotopic (exact) mass is 384 g/mol. The van der Waals surface area contributed by atoms with Crippen molar-refractivity contribution in [3.63, 3.8) is 0 Å². The van der Waals surface area contributed by atoms with E-state index in [-0.39, 0.29) is 30.0 Å². The maximum absolute atomic E-state index is 10.3. The molecular formula is C5H8I2NO3-. The van der Waals surface area contributed by atoms with Gasteiger partial charge in [-0.15, -0.1) is 0 Å². The Bertz CT molecular complexity index is 142. The number of aldehydes is 1. The summed E-state index contributed by atoms with van der Waals surface area (Å²) in [6, 6.07) is -0.268. The molecule has 1 atom stereocenters. The van der Waals surface area contributed by atoms with Crippen LogP contribution in [0.25, 0.3) is 0 Å². The van der Waals surface area contributed by atoms with Crippen LogP contribution in [0.4, 0.5) is 0 Å². The average molecular weight is 384 g/mol. The van der Waals surface area contributed by atoms with Crippen molar-refractivity contribution in [3.05, 3.63) is 0 Å². The number of carboxylic acids is 1. The van der Waals surface area contributed by atoms with Gasteiger partial charge in [0.1, 0.15) is 0 Å². The molecule has 0 aromatic rings. The minimum absolute atomic E-state index is 0.0524. The molecule has 0 spiro atoms. The number of carbonyl (C=O) groups is 2. The Balaban J connectivity index is 3.51. The van der Waals surface area contributed by atoms with E-state index < -0.39 is 5.97 Å². The van der Waals surface area contributed by atoms with Gasteiger partial charge >= 0.3 is 85.5 Å². The second kappa shape index (κ2) is 7.22. The zero-order valence-electron chi connectivity index (χ0n) is 5.59. The van der Waals surface area contributed by atoms with Crippen molar-refractivity contribution < 1.29 is 32.2 Å². The molecule has 0 saturated heterocycles. The molecule has 0 rings (SSSR count). The molecule has 2 N–H and O–H groups in total. The number of halogens is 2. The van der Waals surface area contributed by atoms with Gasteiger partial charge in [0.2, 0.25) is 0 Å². The van der Waals surface area contributed by atoms with Gasteiger partial charge in [-0.05, 0) is 0 Å². The molecule has 11 heavy (non-hydrogen) atoms. The summed E-state index contributed by atoms with van der Waals surface area (Å²) in [5, 5.41) is 8.29. The maximum atomic E-state index is 10.3. The van der Waals surface area contributed by atoms with Crippen LogP contribution in [0.15, 0.2) is 0 Å². The predicted molar refractivity (Wildman–Crippen MR) is 43.9 cm³/mol. The Morgan fingerprint density at radius 3 is 2.82 bits per heavy atom. The Morgan fingerprint density at radius 2 is 2.45 bits per heavy atom. The fourth-order valence-corrected chi connectivity index (χ4v) is 3.27. The third-order valence-electron chi connectivity index (χ3n) is 1.01. The van der Waals surface area contributed by atoms with Crippen LogP contribution >= 0.6 is 18.6 Å². The summed E-state index contributed by atoms with van der Waals surface area (Å²) in [7, 11) is 0. The first-order valence-electron chi connectivity index (χ1n) is 2.88. The molecule has 0 heterocycles. The van der Waals surface area contributed by atoms with E-state index in [4.69, 9.17) is 5.11 Å². The first-order valence-corrected chi connectivity index (χ1v) is 10.2. The van der Waals surface area contributed by atoms with Gasteiger partial charge in [-0.2, -0.15) is 0 Å². The van der Waals surface area contributed by atoms with Crippen LogP contribution in [0.3, 0.4) is 0 Å². The topological polar surface area (TPSA) is 66.4 Å². The molecule has 0 aliphatic heterocycles. The molecule has 66 valence electrons. The van der Waals surface area contributed by atoms with Gasteiger partial charge in [-0.3, -0.25) is 0 Å². The molecule has 0 bridgehead atoms. The van der Waals surface area contributed by atoms with Crippen LogP contribution in [-0.2, 0) is 9.59 Å². The van der Waals surface area contributed by atoms with E-state index in [9.17, 15) is 9.59 Å². The van der Waals surface area contributed by atoms with Crippen molar-refractivity contribution in [2.45, 2.75) is 18.9 Å². The van der Waals surface area contributed by atoms with Gasteiger partial charge < -0.3 is 0 Å². The third kappa shape index (κ3) is 6.94. The number of hydrogen-bond acceptors (Lipinski definition) is 3. The number of hydrogen-bond donors (Lipinski definition) is 2. The standard InChI is InChI=1S/C5H8I2NO3/c6-7-8-4(3-9)1-2-5(10)11/h3-4,8H,1-2H2,(H,10,11)/q-1/t4-/m0/s1. The van der Waals surface area contributed by atoms with Crippen LogP contribution in [0, 0.1) is 0 Å². The van der Waals surface area contributed by atoms with Gasteiger partial charge in [0.25, 0.3) is 0 Å². The zero-order chi connectivity index (χ0) is 8.69. The third-order valence-corrected chi connectivity index (χ3v) is 3.63. The number of carboxylic acid groups (broad SMARTS) is 1. The molecule has 0 unspecified atom stereocenters. The van der Waals surface area contributed by atoms with Gasteiger partial charge in [0.15, 0.2) is 0 Å². The molecule has 0 amide bonds. The summed E-state index contributed by atoms with van der Waals surface area (Å²) < 4.78 is 2.95. The van der Waals surface area contributed by atoms with Crippen LogP contribution in [0.2, 0.25) is 0 Å². The summed E-state index contributed by atoms with van der Waals surface area (Å²) in [5.74, 6) is -0.856. The molecule has 0 saturated carbocycles. The molecule has 0 aromatic carbocycles. The van der Waals surface area contributed by atoms with Crippen molar-refractivity contribution in [3.8, 4) is 0 Å². The number of aliphatic carboxylic acids is 1. The second-order valence-corrected chi connectivity index (χ2v) is 5.62. The Morgan fingerprint density at radius 1 is 1.82 bits per heavy atom. The molecule has 0 aliphatic carbocycles. The van der Waals surface area contributed by atoms with Crippen molar-refractivity contribution in [2.75, 3.05) is 0 Å². The van der Waals surface area contributed by atoms with Crippen molar-refractivity contribution in [1.29, 1.82) is 0 Å². The second-order valence-electron chi connectivity index (χ2n) is 1.86. The molecule has 0 fully saturated rings. The van der Waals surface area contributed by atoms with E-state index in [1.807, 2.05) is 0 Å². The van der Waals surface area contributed by atoms with Crippen LogP contribution in [0.1, 0.15) is 12.8 Å². The fraction of sp³-hybridized carbons (Fsp3) is 0.600. The van der Waals surface area contributed by atoms with Crippen molar-refractivity contribution in [1.82, 2.24) is 3.53 Å². The van der Waals surface area contributed by atoms with Gasteiger partial charge in [0.05, 0.1) is 0 Å². The van der Waals surface area contributed by atoms with Crippen LogP contribution in [-0.4, -0.2) is 23.4 Å². The summed E-state index contributed by atoms with van der Waals surface area (Å²) >= 11 is 2.00. The quantitative estimate of drug-likeness (QED) is 0.299. The molecular weight excluding hydrogens is 376 g/mol. The first-order chi connectivity index (χ1) is 5.20. The van der Waals surface area contributed by atoms with Crippen molar-refractivity contribution >= 4 is 30.9 Å². The molecule has 4 nitrogen and oxygen atoms in total. The van der Waals surface area contributed by atoms with E-state index in [1.165, 1.54) is 0 Å². The number of carbonyl (C=O) groups excluding carboxylic acids is 1. The zero-order valence-corrected chi connectivity index (χ0v) is 9.90. The van der Waals surface area contributed by atoms with E-state index in [0.29, 0.717) is 6.42 Å². The van der Waals surface area contributed by atoms with Crippen molar-refractivity contribution in [2.24, 2.45) is 0 Å². The van der Waals surface area contributed by atoms with E-state index in [0.717, 1.165) is 6.29 Å². The van der Waals surface area contributed by atoms with E-state index >= 15 is 0 Å². The SMILES string of the molecule is O=C[C@H](CCC(=O)O)N[I-]I. The predicted octanol–water partition coefficient (Wildman–Crippen LogP) is -2.64. The summed E-state index contributed by atoms with van der Waals surface area (Å²) in [4.78, 5) is 20.4. The van der Waals surface area contributed by atoms with Crippen LogP contribution in [0.5, 0.6) is 0 Å². The molecule has 0 aliphatic rings. The van der Waals surface area contributed by atoms with Gasteiger partial charge in [0, 0.05) is 0 Å². The van der Waals surface area contributed by atoms with E-state index in [1.54, 1.807) is 0 Å². The molecule has 0 radical (unpaired) electrons. The Kier molecular flexibility index (Phi) is 7.59. The summed E-state index contributed by atoms with van der Waals surface area (Å²) in [6.07, 6.45) is 1.21. The normalized spacial score (nSPS) is 12.8. The Labute approximate surface area is 84.9 Å². The number of rotatable bonds is 6. The average Bonchev–Trinajstić information content (AvgIpc) is 1.97. The van der Waals surface area contributed by atoms with Crippen LogP contribution < -0.4 is 21.0 Å². The summed E-state index contributed by atoms with van der Waals surface area (Å²) in [5.41, 5.74) is 0. The fourth-order valence-electron chi connectivity index (χ4n) is 0.480. The summed E-state index contributed by atoms with van der Waals surface area (Å²) in [6.45, 7) is 0. The van der Waals surface area contributed by atoms with Gasteiger partial charge in [-0.25, -0.2) is 0 Å². The number of nitrogens with one attached hydrogen (secondary N) is 1.